The molecule has 1 aromatic carbocycles. The summed E-state index contributed by atoms with van der Waals surface area (Å²) in [7, 11) is 1.59. The number of benzene rings is 1. The van der Waals surface area contributed by atoms with Crippen molar-refractivity contribution in [2.24, 2.45) is 0 Å². The number of hydrogen-bond donors (Lipinski definition) is 0. The fraction of sp³-hybridized carbons (Fsp3) is 0.462. The van der Waals surface area contributed by atoms with Crippen molar-refractivity contribution in [3.05, 3.63) is 23.8 Å². The predicted octanol–water partition coefficient (Wildman–Crippen LogP) is 1.89. The van der Waals surface area contributed by atoms with Gasteiger partial charge < -0.3 is 14.4 Å². The van der Waals surface area contributed by atoms with Crippen molar-refractivity contribution >= 4 is 17.7 Å². The van der Waals surface area contributed by atoms with Crippen LogP contribution in [0.15, 0.2) is 23.1 Å². The van der Waals surface area contributed by atoms with Crippen LogP contribution >= 0.6 is 11.8 Å². The summed E-state index contributed by atoms with van der Waals surface area (Å²) in [5.74, 6) is 0.654. The monoisotopic (exact) mass is 267 g/mol. The Morgan fingerprint density at radius 1 is 1.39 bits per heavy atom. The Kier molecular flexibility index (Phi) is 4.49. The smallest absolute Gasteiger partial charge is 0.257 e. The Morgan fingerprint density at radius 3 is 2.72 bits per heavy atom. The zero-order valence-electron chi connectivity index (χ0n) is 10.6. The van der Waals surface area contributed by atoms with Gasteiger partial charge in [-0.1, -0.05) is 0 Å². The Labute approximate surface area is 111 Å². The van der Waals surface area contributed by atoms with Gasteiger partial charge in [-0.15, -0.1) is 11.8 Å². The molecule has 4 nitrogen and oxygen atoms in total. The molecule has 0 atom stereocenters. The summed E-state index contributed by atoms with van der Waals surface area (Å²) in [6.45, 7) is 2.51. The van der Waals surface area contributed by atoms with Gasteiger partial charge in [0, 0.05) is 18.0 Å². The first-order valence-electron chi connectivity index (χ1n) is 5.85. The summed E-state index contributed by atoms with van der Waals surface area (Å²) in [5, 5.41) is 0. The van der Waals surface area contributed by atoms with Crippen LogP contribution in [0.25, 0.3) is 0 Å². The first kappa shape index (κ1) is 13.2. The average Bonchev–Trinajstić information content (AvgIpc) is 2.46. The van der Waals surface area contributed by atoms with E-state index in [9.17, 15) is 4.79 Å². The summed E-state index contributed by atoms with van der Waals surface area (Å²) < 4.78 is 10.6. The van der Waals surface area contributed by atoms with Gasteiger partial charge in [0.25, 0.3) is 5.91 Å². The number of nitrogens with zero attached hydrogens (tertiary/aromatic N) is 1. The largest absolute Gasteiger partial charge is 0.496 e. The van der Waals surface area contributed by atoms with E-state index in [-0.39, 0.29) is 5.91 Å². The van der Waals surface area contributed by atoms with Crippen molar-refractivity contribution in [1.82, 2.24) is 4.90 Å². The Morgan fingerprint density at radius 2 is 2.11 bits per heavy atom. The molecular weight excluding hydrogens is 250 g/mol. The van der Waals surface area contributed by atoms with E-state index in [1.54, 1.807) is 23.8 Å². The van der Waals surface area contributed by atoms with Crippen LogP contribution in [0.5, 0.6) is 5.75 Å². The molecule has 0 aliphatic carbocycles. The van der Waals surface area contributed by atoms with Crippen molar-refractivity contribution in [3.8, 4) is 5.75 Å². The maximum atomic E-state index is 12.4. The average molecular weight is 267 g/mol. The lowest BCUT2D eigenvalue weighted by atomic mass is 10.1. The van der Waals surface area contributed by atoms with Crippen LogP contribution in [0.4, 0.5) is 0 Å². The fourth-order valence-corrected chi connectivity index (χ4v) is 2.34. The van der Waals surface area contributed by atoms with Crippen molar-refractivity contribution in [2.75, 3.05) is 39.7 Å². The third-order valence-corrected chi connectivity index (χ3v) is 3.66. The van der Waals surface area contributed by atoms with Crippen LogP contribution in [-0.4, -0.2) is 50.5 Å². The quantitative estimate of drug-likeness (QED) is 0.784. The SMILES string of the molecule is COc1cc(SC)ccc1C(=O)N1CCOCC1. The highest BCUT2D eigenvalue weighted by Gasteiger charge is 2.21. The van der Waals surface area contributed by atoms with Gasteiger partial charge in [0.05, 0.1) is 25.9 Å². The van der Waals surface area contributed by atoms with Gasteiger partial charge in [-0.05, 0) is 24.5 Å². The molecule has 1 heterocycles. The third-order valence-electron chi connectivity index (χ3n) is 2.94. The highest BCUT2D eigenvalue weighted by molar-refractivity contribution is 7.98. The van der Waals surface area contributed by atoms with Gasteiger partial charge in [0.2, 0.25) is 0 Å². The number of morpholine rings is 1. The second kappa shape index (κ2) is 6.11. The number of methoxy groups -OCH3 is 1. The van der Waals surface area contributed by atoms with E-state index in [4.69, 9.17) is 9.47 Å². The first-order valence-corrected chi connectivity index (χ1v) is 7.08. The Hall–Kier alpha value is -1.20. The summed E-state index contributed by atoms with van der Waals surface area (Å²) in [6.07, 6.45) is 2.00. The molecule has 0 unspecified atom stereocenters. The van der Waals surface area contributed by atoms with Crippen LogP contribution in [0.3, 0.4) is 0 Å². The molecule has 0 radical (unpaired) electrons. The van der Waals surface area contributed by atoms with Crippen LogP contribution < -0.4 is 4.74 Å². The minimum atomic E-state index is 0.0165. The number of ether oxygens (including phenoxy) is 2. The lowest BCUT2D eigenvalue weighted by Crippen LogP contribution is -2.40. The molecule has 1 aliphatic heterocycles. The van der Waals surface area contributed by atoms with Gasteiger partial charge >= 0.3 is 0 Å². The van der Waals surface area contributed by atoms with Gasteiger partial charge in [-0.2, -0.15) is 0 Å². The fourth-order valence-electron chi connectivity index (χ4n) is 1.91. The number of thioether (sulfide) groups is 1. The van der Waals surface area contributed by atoms with Gasteiger partial charge in [-0.3, -0.25) is 4.79 Å². The molecule has 1 amide bonds. The lowest BCUT2D eigenvalue weighted by Gasteiger charge is -2.27. The highest BCUT2D eigenvalue weighted by atomic mass is 32.2. The van der Waals surface area contributed by atoms with Crippen LogP contribution in [0.2, 0.25) is 0 Å². The topological polar surface area (TPSA) is 38.8 Å². The number of rotatable bonds is 3. The molecule has 0 spiro atoms. The van der Waals surface area contributed by atoms with Gasteiger partial charge in [-0.25, -0.2) is 0 Å². The second-order valence-electron chi connectivity index (χ2n) is 3.97. The minimum Gasteiger partial charge on any atom is -0.496 e. The summed E-state index contributed by atoms with van der Waals surface area (Å²) in [6, 6.07) is 5.68. The zero-order chi connectivity index (χ0) is 13.0. The molecule has 0 N–H and O–H groups in total. The molecular formula is C13H17NO3S. The number of carbonyl (C=O) groups excluding carboxylic acids is 1. The second-order valence-corrected chi connectivity index (χ2v) is 4.85. The van der Waals surface area contributed by atoms with Crippen molar-refractivity contribution in [1.29, 1.82) is 0 Å². The summed E-state index contributed by atoms with van der Waals surface area (Å²) >= 11 is 1.63. The van der Waals surface area contributed by atoms with Crippen molar-refractivity contribution in [2.45, 2.75) is 4.90 Å². The van der Waals surface area contributed by atoms with E-state index in [1.807, 2.05) is 24.5 Å². The van der Waals surface area contributed by atoms with E-state index < -0.39 is 0 Å². The molecule has 0 bridgehead atoms. The molecule has 98 valence electrons. The van der Waals surface area contributed by atoms with E-state index in [0.29, 0.717) is 37.6 Å². The third kappa shape index (κ3) is 2.79. The molecule has 1 fully saturated rings. The number of amides is 1. The molecule has 2 rings (SSSR count). The Bertz CT molecular complexity index is 430. The van der Waals surface area contributed by atoms with E-state index in [2.05, 4.69) is 0 Å². The van der Waals surface area contributed by atoms with E-state index >= 15 is 0 Å². The number of carbonyl (C=O) groups is 1. The first-order chi connectivity index (χ1) is 8.76. The van der Waals surface area contributed by atoms with Crippen LogP contribution in [-0.2, 0) is 4.74 Å². The van der Waals surface area contributed by atoms with E-state index in [0.717, 1.165) is 4.90 Å². The molecule has 0 aromatic heterocycles. The highest BCUT2D eigenvalue weighted by Crippen LogP contribution is 2.26. The zero-order valence-corrected chi connectivity index (χ0v) is 11.5. The minimum absolute atomic E-state index is 0.0165. The number of hydrogen-bond acceptors (Lipinski definition) is 4. The molecule has 0 saturated carbocycles. The van der Waals surface area contributed by atoms with E-state index in [1.165, 1.54) is 0 Å². The molecule has 5 heteroatoms. The standard InChI is InChI=1S/C13H17NO3S/c1-16-12-9-10(18-2)3-4-11(12)13(15)14-5-7-17-8-6-14/h3-4,9H,5-8H2,1-2H3. The molecule has 1 aromatic rings. The van der Waals surface area contributed by atoms with Crippen LogP contribution in [0, 0.1) is 0 Å². The lowest BCUT2D eigenvalue weighted by molar-refractivity contribution is 0.0301. The van der Waals surface area contributed by atoms with Gasteiger partial charge in [0.15, 0.2) is 0 Å². The van der Waals surface area contributed by atoms with Crippen molar-refractivity contribution < 1.29 is 14.3 Å². The van der Waals surface area contributed by atoms with Crippen molar-refractivity contribution in [3.63, 3.8) is 0 Å². The normalized spacial score (nSPS) is 15.6. The van der Waals surface area contributed by atoms with Gasteiger partial charge in [0.1, 0.15) is 5.75 Å². The maximum Gasteiger partial charge on any atom is 0.257 e. The maximum absolute atomic E-state index is 12.4. The molecule has 1 saturated heterocycles. The Balaban J connectivity index is 2.23. The summed E-state index contributed by atoms with van der Waals surface area (Å²) in [5.41, 5.74) is 0.622. The summed E-state index contributed by atoms with van der Waals surface area (Å²) in [4.78, 5) is 15.3. The molecule has 18 heavy (non-hydrogen) atoms. The predicted molar refractivity (Wildman–Crippen MR) is 71.5 cm³/mol. The van der Waals surface area contributed by atoms with Crippen LogP contribution in [0.1, 0.15) is 10.4 Å². The molecule has 1 aliphatic rings.